The first-order valence-corrected chi connectivity index (χ1v) is 8.67. The summed E-state index contributed by atoms with van der Waals surface area (Å²) in [5.41, 5.74) is 7.04. The molecule has 6 heteroatoms. The molecule has 22 heavy (non-hydrogen) atoms. The van der Waals surface area contributed by atoms with Crippen molar-refractivity contribution in [3.05, 3.63) is 28.2 Å². The Morgan fingerprint density at radius 2 is 2.05 bits per heavy atom. The third-order valence-electron chi connectivity index (χ3n) is 3.93. The molecule has 1 aliphatic heterocycles. The lowest BCUT2D eigenvalue weighted by Crippen LogP contribution is -2.47. The normalized spacial score (nSPS) is 17.6. The molecule has 2 N–H and O–H groups in total. The van der Waals surface area contributed by atoms with E-state index in [-0.39, 0.29) is 17.9 Å². The number of thiazole rings is 1. The third kappa shape index (κ3) is 4.33. The Morgan fingerprint density at radius 1 is 1.36 bits per heavy atom. The van der Waals surface area contributed by atoms with E-state index in [4.69, 9.17) is 22.3 Å². The van der Waals surface area contributed by atoms with Gasteiger partial charge < -0.3 is 10.6 Å². The lowest BCUT2D eigenvalue weighted by molar-refractivity contribution is 0.179. The van der Waals surface area contributed by atoms with Crippen LogP contribution in [-0.2, 0) is 0 Å². The maximum absolute atomic E-state index is 6.11. The highest BCUT2D eigenvalue weighted by molar-refractivity contribution is 7.18. The number of likely N-dealkylation sites (tertiary alicyclic amines) is 1. The molecule has 2 aromatic rings. The van der Waals surface area contributed by atoms with Crippen LogP contribution in [0.25, 0.3) is 10.2 Å². The highest BCUT2D eigenvalue weighted by Crippen LogP contribution is 2.34. The minimum absolute atomic E-state index is 0. The number of fused-ring (bicyclic) bond motifs is 1. The Bertz CT molecular complexity index is 628. The molecular formula is C16H23Cl2N3S. The van der Waals surface area contributed by atoms with Crippen LogP contribution >= 0.6 is 35.3 Å². The van der Waals surface area contributed by atoms with E-state index in [2.05, 4.69) is 24.8 Å². The smallest absolute Gasteiger partial charge is 0.0970 e. The third-order valence-corrected chi connectivity index (χ3v) is 5.37. The highest BCUT2D eigenvalue weighted by atomic mass is 35.5. The molecule has 1 aromatic heterocycles. The van der Waals surface area contributed by atoms with E-state index < -0.39 is 0 Å². The number of aromatic nitrogens is 1. The molecule has 0 saturated carbocycles. The number of hydrogen-bond donors (Lipinski definition) is 1. The monoisotopic (exact) mass is 359 g/mol. The fourth-order valence-electron chi connectivity index (χ4n) is 3.01. The van der Waals surface area contributed by atoms with Gasteiger partial charge in [-0.3, -0.25) is 0 Å². The Morgan fingerprint density at radius 3 is 2.68 bits per heavy atom. The molecule has 0 amide bonds. The van der Waals surface area contributed by atoms with Crippen molar-refractivity contribution in [1.82, 2.24) is 9.88 Å². The molecule has 3 rings (SSSR count). The zero-order valence-corrected chi connectivity index (χ0v) is 15.4. The minimum Gasteiger partial charge on any atom is -0.324 e. The van der Waals surface area contributed by atoms with Crippen molar-refractivity contribution >= 4 is 45.6 Å². The second kappa shape index (κ2) is 7.02. The fourth-order valence-corrected chi connectivity index (χ4v) is 4.29. The highest BCUT2D eigenvalue weighted by Gasteiger charge is 2.25. The largest absolute Gasteiger partial charge is 0.324 e. The van der Waals surface area contributed by atoms with Crippen molar-refractivity contribution in [2.45, 2.75) is 38.1 Å². The Labute approximate surface area is 147 Å². The van der Waals surface area contributed by atoms with Crippen molar-refractivity contribution in [3.63, 3.8) is 0 Å². The Hall–Kier alpha value is -0.390. The van der Waals surface area contributed by atoms with Gasteiger partial charge in [-0.15, -0.1) is 23.7 Å². The summed E-state index contributed by atoms with van der Waals surface area (Å²) in [7, 11) is 0. The number of piperidine rings is 1. The average Bonchev–Trinajstić information content (AvgIpc) is 2.80. The molecule has 1 fully saturated rings. The number of halogens is 2. The molecule has 0 bridgehead atoms. The SMILES string of the molecule is CC(C)(N)CN1CCC(c2nc3cc(Cl)ccc3s2)CC1.Cl. The summed E-state index contributed by atoms with van der Waals surface area (Å²) in [5.74, 6) is 0.582. The van der Waals surface area contributed by atoms with Crippen molar-refractivity contribution in [1.29, 1.82) is 0 Å². The molecule has 2 heterocycles. The van der Waals surface area contributed by atoms with E-state index in [1.807, 2.05) is 23.5 Å². The van der Waals surface area contributed by atoms with Gasteiger partial charge in [0.25, 0.3) is 0 Å². The lowest BCUT2D eigenvalue weighted by Gasteiger charge is -2.35. The second-order valence-electron chi connectivity index (χ2n) is 6.70. The number of nitrogens with two attached hydrogens (primary N) is 1. The van der Waals surface area contributed by atoms with Crippen molar-refractivity contribution in [2.24, 2.45) is 5.73 Å². The molecule has 1 aliphatic rings. The molecule has 0 unspecified atom stereocenters. The topological polar surface area (TPSA) is 42.1 Å². The van der Waals surface area contributed by atoms with Crippen LogP contribution in [0.15, 0.2) is 18.2 Å². The Balaban J connectivity index is 0.00000176. The van der Waals surface area contributed by atoms with Crippen LogP contribution in [0.5, 0.6) is 0 Å². The summed E-state index contributed by atoms with van der Waals surface area (Å²) in [5, 5.41) is 2.03. The van der Waals surface area contributed by atoms with Gasteiger partial charge >= 0.3 is 0 Å². The van der Waals surface area contributed by atoms with Crippen LogP contribution in [0.3, 0.4) is 0 Å². The van der Waals surface area contributed by atoms with Crippen molar-refractivity contribution < 1.29 is 0 Å². The number of hydrogen-bond acceptors (Lipinski definition) is 4. The summed E-state index contributed by atoms with van der Waals surface area (Å²) in [4.78, 5) is 7.26. The van der Waals surface area contributed by atoms with Crippen LogP contribution in [0.1, 0.15) is 37.6 Å². The van der Waals surface area contributed by atoms with Gasteiger partial charge in [-0.25, -0.2) is 4.98 Å². The van der Waals surface area contributed by atoms with Gasteiger partial charge in [0, 0.05) is 23.0 Å². The van der Waals surface area contributed by atoms with Crippen LogP contribution in [0.2, 0.25) is 5.02 Å². The van der Waals surface area contributed by atoms with E-state index in [9.17, 15) is 0 Å². The lowest BCUT2D eigenvalue weighted by atomic mass is 9.96. The summed E-state index contributed by atoms with van der Waals surface area (Å²) in [6, 6.07) is 5.98. The zero-order valence-electron chi connectivity index (χ0n) is 13.0. The molecule has 0 atom stereocenters. The number of rotatable bonds is 3. The average molecular weight is 360 g/mol. The number of nitrogens with zero attached hydrogens (tertiary/aromatic N) is 2. The van der Waals surface area contributed by atoms with E-state index in [0.717, 1.165) is 30.2 Å². The predicted molar refractivity (Wildman–Crippen MR) is 98.6 cm³/mol. The van der Waals surface area contributed by atoms with Crippen LogP contribution in [0, 0.1) is 0 Å². The molecule has 122 valence electrons. The van der Waals surface area contributed by atoms with Gasteiger partial charge in [-0.1, -0.05) is 11.6 Å². The van der Waals surface area contributed by atoms with E-state index in [1.165, 1.54) is 22.5 Å². The maximum Gasteiger partial charge on any atom is 0.0970 e. The van der Waals surface area contributed by atoms with Crippen LogP contribution < -0.4 is 5.73 Å². The van der Waals surface area contributed by atoms with Gasteiger partial charge in [-0.2, -0.15) is 0 Å². The quantitative estimate of drug-likeness (QED) is 0.888. The summed E-state index contributed by atoms with van der Waals surface area (Å²) in [6.07, 6.45) is 2.34. The van der Waals surface area contributed by atoms with Gasteiger partial charge in [0.05, 0.1) is 15.2 Å². The van der Waals surface area contributed by atoms with Gasteiger partial charge in [-0.05, 0) is 58.0 Å². The van der Waals surface area contributed by atoms with E-state index >= 15 is 0 Å². The molecular weight excluding hydrogens is 337 g/mol. The molecule has 3 nitrogen and oxygen atoms in total. The summed E-state index contributed by atoms with van der Waals surface area (Å²) in [6.45, 7) is 7.38. The minimum atomic E-state index is -0.112. The maximum atomic E-state index is 6.11. The van der Waals surface area contributed by atoms with E-state index in [1.54, 1.807) is 0 Å². The van der Waals surface area contributed by atoms with Gasteiger partial charge in [0.15, 0.2) is 0 Å². The first-order valence-electron chi connectivity index (χ1n) is 7.48. The molecule has 1 saturated heterocycles. The fraction of sp³-hybridized carbons (Fsp3) is 0.562. The Kier molecular flexibility index (Phi) is 5.73. The van der Waals surface area contributed by atoms with Gasteiger partial charge in [0.2, 0.25) is 0 Å². The molecule has 0 aliphatic carbocycles. The van der Waals surface area contributed by atoms with Crippen molar-refractivity contribution in [2.75, 3.05) is 19.6 Å². The number of benzene rings is 1. The zero-order chi connectivity index (χ0) is 15.0. The molecule has 0 spiro atoms. The standard InChI is InChI=1S/C16H22ClN3S.ClH/c1-16(2,18)10-20-7-5-11(6-8-20)15-19-13-9-12(17)3-4-14(13)21-15;/h3-4,9,11H,5-8,10,18H2,1-2H3;1H. The van der Waals surface area contributed by atoms with Crippen LogP contribution in [0.4, 0.5) is 0 Å². The molecule has 1 aromatic carbocycles. The second-order valence-corrected chi connectivity index (χ2v) is 8.20. The first-order chi connectivity index (χ1) is 9.90. The van der Waals surface area contributed by atoms with Crippen LogP contribution in [-0.4, -0.2) is 35.1 Å². The first kappa shape index (κ1) is 18.0. The van der Waals surface area contributed by atoms with E-state index in [0.29, 0.717) is 5.92 Å². The van der Waals surface area contributed by atoms with Gasteiger partial charge in [0.1, 0.15) is 0 Å². The molecule has 0 radical (unpaired) electrons. The summed E-state index contributed by atoms with van der Waals surface area (Å²) >= 11 is 7.85. The predicted octanol–water partition coefficient (Wildman–Crippen LogP) is 4.29. The van der Waals surface area contributed by atoms with Crippen molar-refractivity contribution in [3.8, 4) is 0 Å². The summed E-state index contributed by atoms with van der Waals surface area (Å²) < 4.78 is 1.24.